The molecule has 0 radical (unpaired) electrons. The van der Waals surface area contributed by atoms with Gasteiger partial charge >= 0.3 is 5.97 Å². The molecule has 8 nitrogen and oxygen atoms in total. The average molecular weight is 331 g/mol. The predicted molar refractivity (Wildman–Crippen MR) is 84.7 cm³/mol. The van der Waals surface area contributed by atoms with Crippen molar-refractivity contribution < 1.29 is 19.4 Å². The molecule has 2 rings (SSSR count). The number of carboxylic acid groups (broad SMARTS) is 1. The maximum absolute atomic E-state index is 12.3. The zero-order chi connectivity index (χ0) is 17.5. The van der Waals surface area contributed by atoms with Crippen LogP contribution in [0.3, 0.4) is 0 Å². The lowest BCUT2D eigenvalue weighted by atomic mass is 10.1. The zero-order valence-electron chi connectivity index (χ0n) is 13.0. The fourth-order valence-electron chi connectivity index (χ4n) is 2.05. The Kier molecular flexibility index (Phi) is 5.80. The number of carbonyl (C=O) groups excluding carboxylic acids is 1. The number of aromatic nitrogens is 2. The number of aliphatic carboxylic acids is 1. The van der Waals surface area contributed by atoms with Gasteiger partial charge < -0.3 is 15.2 Å². The summed E-state index contributed by atoms with van der Waals surface area (Å²) in [5.74, 6) is -1.88. The molecule has 1 aromatic carbocycles. The van der Waals surface area contributed by atoms with Crippen LogP contribution in [-0.4, -0.2) is 40.5 Å². The van der Waals surface area contributed by atoms with Gasteiger partial charge in [-0.15, -0.1) is 0 Å². The highest BCUT2D eigenvalue weighted by molar-refractivity contribution is 5.95. The monoisotopic (exact) mass is 331 g/mol. The lowest BCUT2D eigenvalue weighted by molar-refractivity contribution is -0.139. The number of ether oxygens (including phenoxy) is 1. The molecular formula is C16H17N3O5. The maximum atomic E-state index is 12.3. The first kappa shape index (κ1) is 17.4. The minimum Gasteiger partial charge on any atom is -0.479 e. The second-order valence-corrected chi connectivity index (χ2v) is 4.93. The van der Waals surface area contributed by atoms with Crippen molar-refractivity contribution in [1.29, 1.82) is 0 Å². The minimum atomic E-state index is -1.21. The fourth-order valence-corrected chi connectivity index (χ4v) is 2.05. The molecular weight excluding hydrogens is 314 g/mol. The second kappa shape index (κ2) is 8.02. The number of nitrogens with zero attached hydrogens (tertiary/aromatic N) is 2. The molecule has 24 heavy (non-hydrogen) atoms. The van der Waals surface area contributed by atoms with E-state index in [1.54, 1.807) is 30.3 Å². The Bertz CT molecular complexity index is 773. The Morgan fingerprint density at radius 2 is 1.96 bits per heavy atom. The van der Waals surface area contributed by atoms with Gasteiger partial charge in [0, 0.05) is 13.2 Å². The van der Waals surface area contributed by atoms with Gasteiger partial charge in [0.15, 0.2) is 6.04 Å². The molecule has 0 spiro atoms. The molecule has 1 amide bonds. The summed E-state index contributed by atoms with van der Waals surface area (Å²) in [5.41, 5.74) is 0.0142. The molecule has 0 aliphatic heterocycles. The van der Waals surface area contributed by atoms with Gasteiger partial charge in [-0.05, 0) is 11.6 Å². The van der Waals surface area contributed by atoms with Crippen LogP contribution in [0.4, 0.5) is 0 Å². The largest absolute Gasteiger partial charge is 0.479 e. The summed E-state index contributed by atoms with van der Waals surface area (Å²) in [6, 6.07) is 9.57. The molecule has 0 unspecified atom stereocenters. The average Bonchev–Trinajstić information content (AvgIpc) is 2.59. The van der Waals surface area contributed by atoms with E-state index >= 15 is 0 Å². The Morgan fingerprint density at radius 1 is 1.25 bits per heavy atom. The van der Waals surface area contributed by atoms with Gasteiger partial charge in [-0.25, -0.2) is 9.48 Å². The van der Waals surface area contributed by atoms with E-state index in [0.29, 0.717) is 5.56 Å². The van der Waals surface area contributed by atoms with Crippen LogP contribution >= 0.6 is 0 Å². The molecule has 1 heterocycles. The van der Waals surface area contributed by atoms with E-state index in [9.17, 15) is 19.5 Å². The fraction of sp³-hybridized carbons (Fsp3) is 0.250. The van der Waals surface area contributed by atoms with Crippen LogP contribution in [0, 0.1) is 0 Å². The predicted octanol–water partition coefficient (Wildman–Crippen LogP) is 0.445. The number of hydrogen-bond acceptors (Lipinski definition) is 5. The summed E-state index contributed by atoms with van der Waals surface area (Å²) >= 11 is 0. The van der Waals surface area contributed by atoms with Gasteiger partial charge in [0.1, 0.15) is 5.69 Å². The van der Waals surface area contributed by atoms with Gasteiger partial charge in [0.25, 0.3) is 11.5 Å². The topological polar surface area (TPSA) is 111 Å². The molecule has 126 valence electrons. The summed E-state index contributed by atoms with van der Waals surface area (Å²) in [6.07, 6.45) is 0. The molecule has 0 bridgehead atoms. The van der Waals surface area contributed by atoms with Crippen LogP contribution in [0.2, 0.25) is 0 Å². The summed E-state index contributed by atoms with van der Waals surface area (Å²) in [5, 5.41) is 15.7. The van der Waals surface area contributed by atoms with E-state index < -0.39 is 17.9 Å². The number of carboxylic acids is 1. The molecule has 0 aliphatic rings. The van der Waals surface area contributed by atoms with Crippen molar-refractivity contribution in [2.75, 3.05) is 13.7 Å². The van der Waals surface area contributed by atoms with Crippen LogP contribution in [0.1, 0.15) is 22.1 Å². The van der Waals surface area contributed by atoms with E-state index in [-0.39, 0.29) is 24.4 Å². The normalized spacial score (nSPS) is 11.7. The first-order valence-corrected chi connectivity index (χ1v) is 7.18. The van der Waals surface area contributed by atoms with Gasteiger partial charge in [0.2, 0.25) is 0 Å². The molecule has 2 N–H and O–H groups in total. The standard InChI is InChI=1S/C16H17N3O5/c1-24-10-9-19-13(20)8-7-12(18-19)15(21)17-14(16(22)23)11-5-3-2-4-6-11/h2-8,14H,9-10H2,1H3,(H,17,21)(H,22,23)/t14-/m0/s1. The van der Waals surface area contributed by atoms with Crippen LogP contribution in [-0.2, 0) is 16.1 Å². The van der Waals surface area contributed by atoms with Crippen LogP contribution < -0.4 is 10.9 Å². The maximum Gasteiger partial charge on any atom is 0.330 e. The van der Waals surface area contributed by atoms with Crippen molar-refractivity contribution >= 4 is 11.9 Å². The quantitative estimate of drug-likeness (QED) is 0.762. The summed E-state index contributed by atoms with van der Waals surface area (Å²) in [4.78, 5) is 35.4. The summed E-state index contributed by atoms with van der Waals surface area (Å²) in [6.45, 7) is 0.456. The van der Waals surface area contributed by atoms with Crippen molar-refractivity contribution in [2.24, 2.45) is 0 Å². The van der Waals surface area contributed by atoms with Crippen molar-refractivity contribution in [3.8, 4) is 0 Å². The Morgan fingerprint density at radius 3 is 2.58 bits per heavy atom. The van der Waals surface area contributed by atoms with Crippen molar-refractivity contribution in [3.63, 3.8) is 0 Å². The Labute approximate surface area is 137 Å². The molecule has 2 aromatic rings. The highest BCUT2D eigenvalue weighted by atomic mass is 16.5. The lowest BCUT2D eigenvalue weighted by Gasteiger charge is -2.15. The van der Waals surface area contributed by atoms with Gasteiger partial charge in [-0.3, -0.25) is 9.59 Å². The number of methoxy groups -OCH3 is 1. The van der Waals surface area contributed by atoms with E-state index in [2.05, 4.69) is 10.4 Å². The van der Waals surface area contributed by atoms with E-state index in [1.807, 2.05) is 0 Å². The molecule has 0 aliphatic carbocycles. The second-order valence-electron chi connectivity index (χ2n) is 4.93. The lowest BCUT2D eigenvalue weighted by Crippen LogP contribution is -2.36. The number of amides is 1. The van der Waals surface area contributed by atoms with E-state index in [0.717, 1.165) is 4.68 Å². The Hall–Kier alpha value is -3.00. The number of rotatable bonds is 7. The third-order valence-electron chi connectivity index (χ3n) is 3.26. The number of carbonyl (C=O) groups is 2. The highest BCUT2D eigenvalue weighted by Gasteiger charge is 2.23. The molecule has 8 heteroatoms. The van der Waals surface area contributed by atoms with Crippen LogP contribution in [0.5, 0.6) is 0 Å². The smallest absolute Gasteiger partial charge is 0.330 e. The van der Waals surface area contributed by atoms with Gasteiger partial charge in [0.05, 0.1) is 13.2 Å². The molecule has 0 saturated heterocycles. The summed E-state index contributed by atoms with van der Waals surface area (Å²) < 4.78 is 5.97. The third-order valence-corrected chi connectivity index (χ3v) is 3.26. The van der Waals surface area contributed by atoms with Gasteiger partial charge in [-0.1, -0.05) is 30.3 Å². The zero-order valence-corrected chi connectivity index (χ0v) is 13.0. The van der Waals surface area contributed by atoms with Crippen molar-refractivity contribution in [1.82, 2.24) is 15.1 Å². The van der Waals surface area contributed by atoms with Gasteiger partial charge in [-0.2, -0.15) is 5.10 Å². The first-order chi connectivity index (χ1) is 11.5. The Balaban J connectivity index is 2.21. The van der Waals surface area contributed by atoms with E-state index in [1.165, 1.54) is 19.2 Å². The molecule has 1 atom stereocenters. The third kappa shape index (κ3) is 4.26. The summed E-state index contributed by atoms with van der Waals surface area (Å²) in [7, 11) is 1.49. The molecule has 1 aromatic heterocycles. The van der Waals surface area contributed by atoms with E-state index in [4.69, 9.17) is 4.74 Å². The van der Waals surface area contributed by atoms with Crippen LogP contribution in [0.15, 0.2) is 47.3 Å². The van der Waals surface area contributed by atoms with Crippen molar-refractivity contribution in [2.45, 2.75) is 12.6 Å². The number of benzene rings is 1. The minimum absolute atomic E-state index is 0.0483. The first-order valence-electron chi connectivity index (χ1n) is 7.18. The SMILES string of the molecule is COCCn1nc(C(=O)N[C@H](C(=O)O)c2ccccc2)ccc1=O. The molecule has 0 saturated carbocycles. The van der Waals surface area contributed by atoms with Crippen molar-refractivity contribution in [3.05, 3.63) is 64.1 Å². The molecule has 0 fully saturated rings. The number of hydrogen-bond donors (Lipinski definition) is 2. The van der Waals surface area contributed by atoms with Crippen LogP contribution in [0.25, 0.3) is 0 Å². The highest BCUT2D eigenvalue weighted by Crippen LogP contribution is 2.13. The number of nitrogens with one attached hydrogen (secondary N) is 1.